The molecule has 17 heavy (non-hydrogen) atoms. The van der Waals surface area contributed by atoms with E-state index in [0.717, 1.165) is 37.9 Å². The van der Waals surface area contributed by atoms with Gasteiger partial charge in [0.25, 0.3) is 0 Å². The van der Waals surface area contributed by atoms with E-state index >= 15 is 0 Å². The third-order valence-electron chi connectivity index (χ3n) is 4.72. The average molecular weight is 235 g/mol. The van der Waals surface area contributed by atoms with Crippen molar-refractivity contribution in [3.63, 3.8) is 0 Å². The zero-order chi connectivity index (χ0) is 11.8. The molecule has 0 spiro atoms. The lowest BCUT2D eigenvalue weighted by molar-refractivity contribution is -0.121. The molecule has 0 saturated carbocycles. The number of allylic oxidation sites excluding steroid dienone is 1. The maximum atomic E-state index is 12.4. The number of ether oxygens (including phenoxy) is 1. The van der Waals surface area contributed by atoms with E-state index in [1.54, 1.807) is 6.26 Å². The first-order valence-electron chi connectivity index (χ1n) is 6.82. The second-order valence-electron chi connectivity index (χ2n) is 5.70. The number of Topliss-reactive ketones (excluding diaryl/α,β-unsaturated/α-hetero) is 1. The standard InChI is InChI=1S/C14H21NO2/c1-15-12-4-5-13(15)8-11(7-12)14(16)10-3-2-6-17-9-10/h9,11-13H,2-8H2,1H3. The fraction of sp³-hybridized carbons (Fsp3) is 0.786. The predicted octanol–water partition coefficient (Wildman–Crippen LogP) is 2.12. The van der Waals surface area contributed by atoms with Crippen LogP contribution in [0.15, 0.2) is 11.8 Å². The van der Waals surface area contributed by atoms with Crippen LogP contribution in [-0.4, -0.2) is 36.4 Å². The van der Waals surface area contributed by atoms with Crippen molar-refractivity contribution in [3.8, 4) is 0 Å². The Labute approximate surface area is 103 Å². The molecular weight excluding hydrogens is 214 g/mol. The zero-order valence-corrected chi connectivity index (χ0v) is 10.5. The smallest absolute Gasteiger partial charge is 0.165 e. The average Bonchev–Trinajstić information content (AvgIpc) is 2.61. The Balaban J connectivity index is 1.69. The van der Waals surface area contributed by atoms with Crippen LogP contribution in [-0.2, 0) is 9.53 Å². The van der Waals surface area contributed by atoms with Crippen molar-refractivity contribution in [1.82, 2.24) is 4.90 Å². The van der Waals surface area contributed by atoms with E-state index in [4.69, 9.17) is 4.74 Å². The molecule has 2 atom stereocenters. The molecule has 0 aromatic heterocycles. The van der Waals surface area contributed by atoms with Crippen LogP contribution >= 0.6 is 0 Å². The summed E-state index contributed by atoms with van der Waals surface area (Å²) in [5.41, 5.74) is 0.935. The fourth-order valence-electron chi connectivity index (χ4n) is 3.63. The predicted molar refractivity (Wildman–Crippen MR) is 65.6 cm³/mol. The Hall–Kier alpha value is -0.830. The van der Waals surface area contributed by atoms with Gasteiger partial charge in [0, 0.05) is 23.6 Å². The van der Waals surface area contributed by atoms with E-state index in [-0.39, 0.29) is 5.92 Å². The number of fused-ring (bicyclic) bond motifs is 2. The molecule has 3 heteroatoms. The Kier molecular flexibility index (Phi) is 2.95. The van der Waals surface area contributed by atoms with Crippen molar-refractivity contribution in [2.24, 2.45) is 5.92 Å². The Bertz CT molecular complexity index is 336. The van der Waals surface area contributed by atoms with Crippen molar-refractivity contribution < 1.29 is 9.53 Å². The number of ketones is 1. The van der Waals surface area contributed by atoms with Crippen LogP contribution in [0.4, 0.5) is 0 Å². The lowest BCUT2D eigenvalue weighted by Gasteiger charge is -2.36. The highest BCUT2D eigenvalue weighted by Gasteiger charge is 2.41. The van der Waals surface area contributed by atoms with Crippen molar-refractivity contribution in [1.29, 1.82) is 0 Å². The van der Waals surface area contributed by atoms with E-state index in [1.807, 2.05) is 0 Å². The largest absolute Gasteiger partial charge is 0.501 e. The van der Waals surface area contributed by atoms with E-state index in [2.05, 4.69) is 11.9 Å². The molecule has 2 unspecified atom stereocenters. The van der Waals surface area contributed by atoms with Crippen LogP contribution in [0.1, 0.15) is 38.5 Å². The Morgan fingerprint density at radius 2 is 2.06 bits per heavy atom. The van der Waals surface area contributed by atoms with E-state index in [1.165, 1.54) is 12.8 Å². The molecule has 0 aromatic rings. The van der Waals surface area contributed by atoms with Gasteiger partial charge in [0.05, 0.1) is 12.9 Å². The van der Waals surface area contributed by atoms with Gasteiger partial charge in [0.1, 0.15) is 0 Å². The van der Waals surface area contributed by atoms with Crippen molar-refractivity contribution in [3.05, 3.63) is 11.8 Å². The SMILES string of the molecule is CN1C2CCC1CC(C(=O)C1=COCCC1)C2. The van der Waals surface area contributed by atoms with Gasteiger partial charge in [0.2, 0.25) is 0 Å². The minimum absolute atomic E-state index is 0.261. The van der Waals surface area contributed by atoms with Gasteiger partial charge in [0.15, 0.2) is 5.78 Å². The van der Waals surface area contributed by atoms with E-state index < -0.39 is 0 Å². The topological polar surface area (TPSA) is 29.5 Å². The van der Waals surface area contributed by atoms with Gasteiger partial charge < -0.3 is 9.64 Å². The number of hydrogen-bond acceptors (Lipinski definition) is 3. The molecule has 3 aliphatic heterocycles. The molecule has 0 N–H and O–H groups in total. The summed E-state index contributed by atoms with van der Waals surface area (Å²) in [6.45, 7) is 0.773. The second kappa shape index (κ2) is 4.45. The van der Waals surface area contributed by atoms with Crippen LogP contribution < -0.4 is 0 Å². The molecule has 0 radical (unpaired) electrons. The zero-order valence-electron chi connectivity index (χ0n) is 10.5. The third kappa shape index (κ3) is 2.01. The molecule has 2 saturated heterocycles. The molecular formula is C14H21NO2. The van der Waals surface area contributed by atoms with Crippen LogP contribution in [0.2, 0.25) is 0 Å². The van der Waals surface area contributed by atoms with Gasteiger partial charge in [-0.2, -0.15) is 0 Å². The maximum Gasteiger partial charge on any atom is 0.165 e. The van der Waals surface area contributed by atoms with E-state index in [0.29, 0.717) is 17.9 Å². The first-order chi connectivity index (χ1) is 8.25. The van der Waals surface area contributed by atoms with Gasteiger partial charge in [-0.15, -0.1) is 0 Å². The summed E-state index contributed by atoms with van der Waals surface area (Å²) in [6, 6.07) is 1.29. The summed E-state index contributed by atoms with van der Waals surface area (Å²) >= 11 is 0. The van der Waals surface area contributed by atoms with E-state index in [9.17, 15) is 4.79 Å². The van der Waals surface area contributed by atoms with Crippen LogP contribution in [0.3, 0.4) is 0 Å². The monoisotopic (exact) mass is 235 g/mol. The number of piperidine rings is 1. The first kappa shape index (κ1) is 11.3. The number of rotatable bonds is 2. The highest BCUT2D eigenvalue weighted by molar-refractivity contribution is 5.97. The minimum atomic E-state index is 0.261. The summed E-state index contributed by atoms with van der Waals surface area (Å²) in [6.07, 6.45) is 8.30. The van der Waals surface area contributed by atoms with Crippen LogP contribution in [0.5, 0.6) is 0 Å². The lowest BCUT2D eigenvalue weighted by Crippen LogP contribution is -2.42. The molecule has 3 heterocycles. The number of carbonyl (C=O) groups excluding carboxylic acids is 1. The maximum absolute atomic E-state index is 12.4. The highest BCUT2D eigenvalue weighted by Crippen LogP contribution is 2.39. The van der Waals surface area contributed by atoms with Gasteiger partial charge >= 0.3 is 0 Å². The molecule has 3 nitrogen and oxygen atoms in total. The normalized spacial score (nSPS) is 37.5. The molecule has 3 aliphatic rings. The fourth-order valence-corrected chi connectivity index (χ4v) is 3.63. The number of hydrogen-bond donors (Lipinski definition) is 0. The van der Waals surface area contributed by atoms with Gasteiger partial charge in [-0.3, -0.25) is 4.79 Å². The molecule has 0 amide bonds. The number of carbonyl (C=O) groups is 1. The second-order valence-corrected chi connectivity index (χ2v) is 5.70. The molecule has 3 rings (SSSR count). The highest BCUT2D eigenvalue weighted by atomic mass is 16.5. The van der Waals surface area contributed by atoms with Crippen molar-refractivity contribution in [2.75, 3.05) is 13.7 Å². The molecule has 2 fully saturated rings. The Morgan fingerprint density at radius 1 is 1.35 bits per heavy atom. The summed E-state index contributed by atoms with van der Waals surface area (Å²) < 4.78 is 5.29. The summed E-state index contributed by atoms with van der Waals surface area (Å²) in [7, 11) is 2.21. The lowest BCUT2D eigenvalue weighted by atomic mass is 9.84. The van der Waals surface area contributed by atoms with Crippen molar-refractivity contribution in [2.45, 2.75) is 50.6 Å². The quantitative estimate of drug-likeness (QED) is 0.734. The summed E-state index contributed by atoms with van der Waals surface area (Å²) in [5, 5.41) is 0. The Morgan fingerprint density at radius 3 is 2.65 bits per heavy atom. The van der Waals surface area contributed by atoms with Gasteiger partial charge in [-0.25, -0.2) is 0 Å². The molecule has 2 bridgehead atoms. The van der Waals surface area contributed by atoms with Gasteiger partial charge in [-0.05, 0) is 45.6 Å². The van der Waals surface area contributed by atoms with Crippen LogP contribution in [0, 0.1) is 5.92 Å². The first-order valence-corrected chi connectivity index (χ1v) is 6.82. The van der Waals surface area contributed by atoms with Crippen LogP contribution in [0.25, 0.3) is 0 Å². The molecule has 0 aromatic carbocycles. The van der Waals surface area contributed by atoms with Crippen molar-refractivity contribution >= 4 is 5.78 Å². The third-order valence-corrected chi connectivity index (χ3v) is 4.72. The number of nitrogens with zero attached hydrogens (tertiary/aromatic N) is 1. The molecule has 94 valence electrons. The summed E-state index contributed by atoms with van der Waals surface area (Å²) in [4.78, 5) is 14.9. The minimum Gasteiger partial charge on any atom is -0.501 e. The molecule has 0 aliphatic carbocycles. The van der Waals surface area contributed by atoms with Gasteiger partial charge in [-0.1, -0.05) is 0 Å². The summed E-state index contributed by atoms with van der Waals surface area (Å²) in [5.74, 6) is 0.631.